The van der Waals surface area contributed by atoms with Crippen LogP contribution in [0.4, 0.5) is 0 Å². The topological polar surface area (TPSA) is 61.2 Å². The van der Waals surface area contributed by atoms with Crippen molar-refractivity contribution in [2.45, 2.75) is 31.3 Å². The third-order valence-electron chi connectivity index (χ3n) is 3.20. The standard InChI is InChI=1S/C14H17ClN2O3S/c1-3-13-16-14(21(15,18)19)10-17(13)9-8-11-4-6-12(20-2)7-5-11/h4-7,10H,3,8-9H2,1-2H3. The first kappa shape index (κ1) is 15.9. The maximum atomic E-state index is 11.3. The van der Waals surface area contributed by atoms with Gasteiger partial charge in [-0.25, -0.2) is 13.4 Å². The second kappa shape index (κ2) is 6.49. The van der Waals surface area contributed by atoms with Crippen LogP contribution >= 0.6 is 10.7 Å². The van der Waals surface area contributed by atoms with Crippen LogP contribution in [0.5, 0.6) is 5.75 Å². The van der Waals surface area contributed by atoms with E-state index in [2.05, 4.69) is 4.98 Å². The number of hydrogen-bond acceptors (Lipinski definition) is 4. The number of halogens is 1. The van der Waals surface area contributed by atoms with E-state index >= 15 is 0 Å². The Balaban J connectivity index is 2.13. The van der Waals surface area contributed by atoms with E-state index in [1.807, 2.05) is 35.8 Å². The molecule has 1 aromatic heterocycles. The molecule has 0 aliphatic heterocycles. The molecule has 0 spiro atoms. The Morgan fingerprint density at radius 3 is 2.48 bits per heavy atom. The molecule has 21 heavy (non-hydrogen) atoms. The molecule has 0 saturated heterocycles. The summed E-state index contributed by atoms with van der Waals surface area (Å²) < 4.78 is 29.6. The van der Waals surface area contributed by atoms with E-state index in [0.29, 0.717) is 18.8 Å². The van der Waals surface area contributed by atoms with E-state index in [9.17, 15) is 8.42 Å². The summed E-state index contributed by atoms with van der Waals surface area (Å²) in [7, 11) is 3.18. The summed E-state index contributed by atoms with van der Waals surface area (Å²) in [4.78, 5) is 4.06. The molecule has 0 saturated carbocycles. The summed E-state index contributed by atoms with van der Waals surface area (Å²) >= 11 is 0. The average Bonchev–Trinajstić information content (AvgIpc) is 2.89. The van der Waals surface area contributed by atoms with Crippen molar-refractivity contribution < 1.29 is 13.2 Å². The second-order valence-corrected chi connectivity index (χ2v) is 7.09. The molecule has 114 valence electrons. The molecule has 0 fully saturated rings. The molecule has 0 aliphatic carbocycles. The van der Waals surface area contributed by atoms with Crippen molar-refractivity contribution in [2.24, 2.45) is 0 Å². The van der Waals surface area contributed by atoms with Gasteiger partial charge in [0.15, 0.2) is 5.03 Å². The van der Waals surface area contributed by atoms with Gasteiger partial charge in [-0.05, 0) is 24.1 Å². The molecule has 2 rings (SSSR count). The number of aryl methyl sites for hydroxylation is 3. The number of hydrogen-bond donors (Lipinski definition) is 0. The van der Waals surface area contributed by atoms with Gasteiger partial charge in [-0.3, -0.25) is 0 Å². The van der Waals surface area contributed by atoms with Gasteiger partial charge in [-0.15, -0.1) is 0 Å². The van der Waals surface area contributed by atoms with Gasteiger partial charge in [0, 0.05) is 29.8 Å². The van der Waals surface area contributed by atoms with Crippen LogP contribution in [0, 0.1) is 0 Å². The van der Waals surface area contributed by atoms with Crippen LogP contribution in [-0.2, 0) is 28.4 Å². The number of aromatic nitrogens is 2. The number of rotatable bonds is 6. The summed E-state index contributed by atoms with van der Waals surface area (Å²) in [6.45, 7) is 2.58. The lowest BCUT2D eigenvalue weighted by Crippen LogP contribution is -2.04. The number of imidazole rings is 1. The highest BCUT2D eigenvalue weighted by atomic mass is 35.7. The quantitative estimate of drug-likeness (QED) is 0.765. The zero-order chi connectivity index (χ0) is 15.5. The van der Waals surface area contributed by atoms with Crippen molar-refractivity contribution in [1.29, 1.82) is 0 Å². The Morgan fingerprint density at radius 2 is 1.95 bits per heavy atom. The van der Waals surface area contributed by atoms with Gasteiger partial charge in [0.1, 0.15) is 11.6 Å². The SMILES string of the molecule is CCc1nc(S(=O)(=O)Cl)cn1CCc1ccc(OC)cc1. The Bertz CT molecular complexity index is 708. The van der Waals surface area contributed by atoms with Crippen LogP contribution in [-0.4, -0.2) is 25.1 Å². The van der Waals surface area contributed by atoms with Crippen LogP contribution in [0.3, 0.4) is 0 Å². The summed E-state index contributed by atoms with van der Waals surface area (Å²) in [5.41, 5.74) is 1.14. The number of methoxy groups -OCH3 is 1. The fourth-order valence-corrected chi connectivity index (χ4v) is 2.75. The van der Waals surface area contributed by atoms with E-state index in [0.717, 1.165) is 17.7 Å². The zero-order valence-electron chi connectivity index (χ0n) is 11.9. The van der Waals surface area contributed by atoms with Gasteiger partial charge in [-0.2, -0.15) is 0 Å². The van der Waals surface area contributed by atoms with Gasteiger partial charge >= 0.3 is 0 Å². The van der Waals surface area contributed by atoms with E-state index in [4.69, 9.17) is 15.4 Å². The normalized spacial score (nSPS) is 11.6. The molecule has 5 nitrogen and oxygen atoms in total. The van der Waals surface area contributed by atoms with Crippen LogP contribution in [0.25, 0.3) is 0 Å². The molecule has 7 heteroatoms. The highest BCUT2D eigenvalue weighted by molar-refractivity contribution is 8.13. The fraction of sp³-hybridized carbons (Fsp3) is 0.357. The number of ether oxygens (including phenoxy) is 1. The highest BCUT2D eigenvalue weighted by Crippen LogP contribution is 2.16. The van der Waals surface area contributed by atoms with Crippen molar-refractivity contribution in [2.75, 3.05) is 7.11 Å². The largest absolute Gasteiger partial charge is 0.497 e. The maximum Gasteiger partial charge on any atom is 0.280 e. The van der Waals surface area contributed by atoms with E-state index < -0.39 is 9.05 Å². The first-order chi connectivity index (χ1) is 9.94. The summed E-state index contributed by atoms with van der Waals surface area (Å²) in [5, 5.41) is -0.0873. The van der Waals surface area contributed by atoms with Gasteiger partial charge in [0.05, 0.1) is 7.11 Å². The predicted molar refractivity (Wildman–Crippen MR) is 81.3 cm³/mol. The first-order valence-electron chi connectivity index (χ1n) is 6.57. The molecule has 2 aromatic rings. The molecular formula is C14H17ClN2O3S. The molecule has 0 unspecified atom stereocenters. The Labute approximate surface area is 128 Å². The molecule has 0 aliphatic rings. The molecule has 1 heterocycles. The summed E-state index contributed by atoms with van der Waals surface area (Å²) in [5.74, 6) is 1.52. The lowest BCUT2D eigenvalue weighted by Gasteiger charge is -2.07. The van der Waals surface area contributed by atoms with Crippen molar-refractivity contribution in [3.63, 3.8) is 0 Å². The zero-order valence-corrected chi connectivity index (χ0v) is 13.5. The minimum atomic E-state index is -3.78. The van der Waals surface area contributed by atoms with Crippen LogP contribution in [0.15, 0.2) is 35.5 Å². The molecule has 0 amide bonds. The van der Waals surface area contributed by atoms with Crippen molar-refractivity contribution in [3.05, 3.63) is 41.9 Å². The average molecular weight is 329 g/mol. The number of benzene rings is 1. The highest BCUT2D eigenvalue weighted by Gasteiger charge is 2.16. The lowest BCUT2D eigenvalue weighted by atomic mass is 10.1. The Hall–Kier alpha value is -1.53. The molecular weight excluding hydrogens is 312 g/mol. The van der Waals surface area contributed by atoms with Crippen LogP contribution in [0.2, 0.25) is 0 Å². The van der Waals surface area contributed by atoms with Gasteiger partial charge in [0.2, 0.25) is 0 Å². The molecule has 1 aromatic carbocycles. The fourth-order valence-electron chi connectivity index (χ4n) is 2.06. The molecule has 0 atom stereocenters. The van der Waals surface area contributed by atoms with Crippen LogP contribution in [0.1, 0.15) is 18.3 Å². The Kier molecular flexibility index (Phi) is 4.90. The van der Waals surface area contributed by atoms with Gasteiger partial charge in [0.25, 0.3) is 9.05 Å². The van der Waals surface area contributed by atoms with E-state index in [1.165, 1.54) is 6.20 Å². The lowest BCUT2D eigenvalue weighted by molar-refractivity contribution is 0.414. The van der Waals surface area contributed by atoms with Crippen molar-refractivity contribution in [3.8, 4) is 5.75 Å². The van der Waals surface area contributed by atoms with Crippen molar-refractivity contribution in [1.82, 2.24) is 9.55 Å². The second-order valence-electron chi connectivity index (χ2n) is 4.58. The van der Waals surface area contributed by atoms with Crippen molar-refractivity contribution >= 4 is 19.7 Å². The van der Waals surface area contributed by atoms with Crippen LogP contribution < -0.4 is 4.74 Å². The molecule has 0 radical (unpaired) electrons. The first-order valence-corrected chi connectivity index (χ1v) is 8.88. The maximum absolute atomic E-state index is 11.3. The number of nitrogens with zero attached hydrogens (tertiary/aromatic N) is 2. The molecule has 0 bridgehead atoms. The van der Waals surface area contributed by atoms with E-state index in [-0.39, 0.29) is 5.03 Å². The smallest absolute Gasteiger partial charge is 0.280 e. The summed E-state index contributed by atoms with van der Waals surface area (Å²) in [6, 6.07) is 7.78. The Morgan fingerprint density at radius 1 is 1.29 bits per heavy atom. The van der Waals surface area contributed by atoms with E-state index in [1.54, 1.807) is 7.11 Å². The summed E-state index contributed by atoms with van der Waals surface area (Å²) in [6.07, 6.45) is 2.91. The van der Waals surface area contributed by atoms with Gasteiger partial charge < -0.3 is 9.30 Å². The monoisotopic (exact) mass is 328 g/mol. The molecule has 0 N–H and O–H groups in total. The minimum absolute atomic E-state index is 0.0873. The third kappa shape index (κ3) is 3.98. The third-order valence-corrected chi connectivity index (χ3v) is 4.37. The minimum Gasteiger partial charge on any atom is -0.497 e. The van der Waals surface area contributed by atoms with Gasteiger partial charge in [-0.1, -0.05) is 19.1 Å². The predicted octanol–water partition coefficient (Wildman–Crippen LogP) is 2.62.